The number of carbonyl (C=O) groups excluding carboxylic acids is 1. The highest BCUT2D eigenvalue weighted by Crippen LogP contribution is 2.17. The Balaban J connectivity index is 0.000000238. The van der Waals surface area contributed by atoms with E-state index in [2.05, 4.69) is 0 Å². The van der Waals surface area contributed by atoms with Gasteiger partial charge in [-0.05, 0) is 24.3 Å². The maximum atomic E-state index is 11.4. The lowest BCUT2D eigenvalue weighted by Crippen LogP contribution is -2.25. The zero-order valence-corrected chi connectivity index (χ0v) is 12.6. The van der Waals surface area contributed by atoms with Gasteiger partial charge >= 0.3 is 5.97 Å². The minimum atomic E-state index is -1.11. The minimum Gasteiger partial charge on any atom is -0.507 e. The third-order valence-corrected chi connectivity index (χ3v) is 2.83. The normalized spacial score (nSPS) is 9.48. The molecule has 3 N–H and O–H groups in total. The van der Waals surface area contributed by atoms with Crippen molar-refractivity contribution in [2.24, 2.45) is 0 Å². The molecule has 7 nitrogen and oxygen atoms in total. The fourth-order valence-corrected chi connectivity index (χ4v) is 1.56. The van der Waals surface area contributed by atoms with E-state index < -0.39 is 5.97 Å². The summed E-state index contributed by atoms with van der Waals surface area (Å²) < 4.78 is 0. The number of aromatic hydroxyl groups is 2. The Morgan fingerprint density at radius 2 is 1.35 bits per heavy atom. The Kier molecular flexibility index (Phi) is 6.57. The standard InChI is InChI=1S/C9H11NO3.C7H6O3/c1-10(13-2)9(12)7-5-3-4-6-8(7)11;8-6-4-2-1-3-5(6)7(9)10/h3-6,11H,1-2H3;1-4,8H,(H,9,10). The molecular formula is C16H17NO6. The first kappa shape index (κ1) is 18.0. The molecule has 0 aliphatic heterocycles. The number of benzene rings is 2. The molecule has 122 valence electrons. The summed E-state index contributed by atoms with van der Waals surface area (Å²) in [4.78, 5) is 26.4. The van der Waals surface area contributed by atoms with Crippen LogP contribution >= 0.6 is 0 Å². The van der Waals surface area contributed by atoms with Crippen LogP contribution in [-0.4, -0.2) is 46.4 Å². The second kappa shape index (κ2) is 8.40. The van der Waals surface area contributed by atoms with Gasteiger partial charge in [0.2, 0.25) is 0 Å². The molecule has 0 saturated carbocycles. The number of para-hydroxylation sites is 2. The number of hydrogen-bond acceptors (Lipinski definition) is 5. The maximum Gasteiger partial charge on any atom is 0.339 e. The number of carboxylic acids is 1. The van der Waals surface area contributed by atoms with Crippen molar-refractivity contribution in [3.05, 3.63) is 59.7 Å². The first-order valence-electron chi connectivity index (χ1n) is 6.50. The van der Waals surface area contributed by atoms with Gasteiger partial charge in [0.25, 0.3) is 5.91 Å². The molecule has 0 heterocycles. The van der Waals surface area contributed by atoms with Crippen molar-refractivity contribution in [1.82, 2.24) is 5.06 Å². The lowest BCUT2D eigenvalue weighted by atomic mass is 10.2. The highest BCUT2D eigenvalue weighted by Gasteiger charge is 2.14. The maximum absolute atomic E-state index is 11.4. The van der Waals surface area contributed by atoms with E-state index in [-0.39, 0.29) is 28.5 Å². The van der Waals surface area contributed by atoms with Gasteiger partial charge in [0, 0.05) is 7.05 Å². The number of hydroxylamine groups is 2. The quantitative estimate of drug-likeness (QED) is 0.748. The van der Waals surface area contributed by atoms with Crippen molar-refractivity contribution >= 4 is 11.9 Å². The number of amides is 1. The molecule has 0 saturated heterocycles. The average molecular weight is 319 g/mol. The summed E-state index contributed by atoms with van der Waals surface area (Å²) in [6.45, 7) is 0. The lowest BCUT2D eigenvalue weighted by molar-refractivity contribution is -0.0758. The zero-order valence-electron chi connectivity index (χ0n) is 12.6. The third-order valence-electron chi connectivity index (χ3n) is 2.83. The molecule has 1 amide bonds. The largest absolute Gasteiger partial charge is 0.507 e. The van der Waals surface area contributed by atoms with E-state index in [9.17, 15) is 14.7 Å². The van der Waals surface area contributed by atoms with Crippen molar-refractivity contribution in [2.45, 2.75) is 0 Å². The second-order valence-electron chi connectivity index (χ2n) is 4.32. The Morgan fingerprint density at radius 1 is 0.913 bits per heavy atom. The fourth-order valence-electron chi connectivity index (χ4n) is 1.56. The van der Waals surface area contributed by atoms with Crippen LogP contribution in [0.15, 0.2) is 48.5 Å². The Morgan fingerprint density at radius 3 is 1.70 bits per heavy atom. The van der Waals surface area contributed by atoms with Gasteiger partial charge in [-0.15, -0.1) is 0 Å². The van der Waals surface area contributed by atoms with Gasteiger partial charge in [-0.2, -0.15) is 0 Å². The van der Waals surface area contributed by atoms with Crippen LogP contribution in [0.1, 0.15) is 20.7 Å². The SMILES string of the molecule is CON(C)C(=O)c1ccccc1O.O=C(O)c1ccccc1O. The molecule has 0 fully saturated rings. The van der Waals surface area contributed by atoms with E-state index in [1.807, 2.05) is 0 Å². The van der Waals surface area contributed by atoms with Crippen LogP contribution in [-0.2, 0) is 4.84 Å². The van der Waals surface area contributed by atoms with Gasteiger partial charge in [0.15, 0.2) is 0 Å². The average Bonchev–Trinajstić information content (AvgIpc) is 2.54. The summed E-state index contributed by atoms with van der Waals surface area (Å²) in [5.41, 5.74) is 0.161. The molecule has 0 aliphatic rings. The number of carbonyl (C=O) groups is 2. The predicted molar refractivity (Wildman–Crippen MR) is 82.3 cm³/mol. The molecule has 23 heavy (non-hydrogen) atoms. The van der Waals surface area contributed by atoms with Crippen molar-refractivity contribution < 1.29 is 29.7 Å². The molecular weight excluding hydrogens is 302 g/mol. The summed E-state index contributed by atoms with van der Waals surface area (Å²) in [7, 11) is 2.87. The smallest absolute Gasteiger partial charge is 0.339 e. The number of nitrogens with zero attached hydrogens (tertiary/aromatic N) is 1. The van der Waals surface area contributed by atoms with Crippen LogP contribution in [0.4, 0.5) is 0 Å². The molecule has 0 spiro atoms. The molecule has 0 aliphatic carbocycles. The van der Waals surface area contributed by atoms with E-state index in [0.717, 1.165) is 5.06 Å². The number of rotatable bonds is 3. The Labute approximate surface area is 132 Å². The zero-order chi connectivity index (χ0) is 17.4. The number of carboxylic acid groups (broad SMARTS) is 1. The summed E-state index contributed by atoms with van der Waals surface area (Å²) >= 11 is 0. The number of hydrogen-bond donors (Lipinski definition) is 3. The van der Waals surface area contributed by atoms with E-state index in [0.29, 0.717) is 0 Å². The number of phenolic OH excluding ortho intramolecular Hbond substituents is 1. The van der Waals surface area contributed by atoms with E-state index in [1.54, 1.807) is 24.3 Å². The monoisotopic (exact) mass is 319 g/mol. The van der Waals surface area contributed by atoms with Gasteiger partial charge in [-0.25, -0.2) is 9.86 Å². The molecule has 2 aromatic rings. The highest BCUT2D eigenvalue weighted by atomic mass is 16.7. The molecule has 0 unspecified atom stereocenters. The summed E-state index contributed by atoms with van der Waals surface area (Å²) in [6, 6.07) is 12.1. The Bertz CT molecular complexity index is 686. The molecule has 0 bridgehead atoms. The summed E-state index contributed by atoms with van der Waals surface area (Å²) in [6.07, 6.45) is 0. The van der Waals surface area contributed by atoms with Gasteiger partial charge in [-0.1, -0.05) is 24.3 Å². The van der Waals surface area contributed by atoms with Crippen LogP contribution in [0.5, 0.6) is 11.5 Å². The lowest BCUT2D eigenvalue weighted by Gasteiger charge is -2.13. The van der Waals surface area contributed by atoms with Crippen LogP contribution < -0.4 is 0 Å². The minimum absolute atomic E-state index is 0.0450. The van der Waals surface area contributed by atoms with E-state index in [1.165, 1.54) is 38.4 Å². The van der Waals surface area contributed by atoms with Gasteiger partial charge in [0.05, 0.1) is 12.7 Å². The highest BCUT2D eigenvalue weighted by molar-refractivity contribution is 5.95. The van der Waals surface area contributed by atoms with Crippen molar-refractivity contribution in [3.8, 4) is 11.5 Å². The topological polar surface area (TPSA) is 107 Å². The molecule has 2 aromatic carbocycles. The molecule has 7 heteroatoms. The van der Waals surface area contributed by atoms with Gasteiger partial charge in [0.1, 0.15) is 17.1 Å². The van der Waals surface area contributed by atoms with Gasteiger partial charge in [-0.3, -0.25) is 9.63 Å². The number of aromatic carboxylic acids is 1. The fraction of sp³-hybridized carbons (Fsp3) is 0.125. The first-order chi connectivity index (χ1) is 10.9. The summed E-state index contributed by atoms with van der Waals surface area (Å²) in [5.74, 6) is -1.73. The Hall–Kier alpha value is -3.06. The van der Waals surface area contributed by atoms with Crippen LogP contribution in [0.25, 0.3) is 0 Å². The molecule has 0 atom stereocenters. The second-order valence-corrected chi connectivity index (χ2v) is 4.32. The van der Waals surface area contributed by atoms with Crippen molar-refractivity contribution in [1.29, 1.82) is 0 Å². The van der Waals surface area contributed by atoms with Gasteiger partial charge < -0.3 is 15.3 Å². The van der Waals surface area contributed by atoms with Crippen molar-refractivity contribution in [2.75, 3.05) is 14.2 Å². The predicted octanol–water partition coefficient (Wildman–Crippen LogP) is 2.12. The number of phenols is 2. The van der Waals surface area contributed by atoms with Crippen LogP contribution in [0.2, 0.25) is 0 Å². The summed E-state index contributed by atoms with van der Waals surface area (Å²) in [5, 5.41) is 27.7. The molecule has 2 rings (SSSR count). The van der Waals surface area contributed by atoms with Crippen LogP contribution in [0.3, 0.4) is 0 Å². The molecule has 0 aromatic heterocycles. The van der Waals surface area contributed by atoms with Crippen molar-refractivity contribution in [3.63, 3.8) is 0 Å². The molecule has 0 radical (unpaired) electrons. The van der Waals surface area contributed by atoms with Crippen LogP contribution in [0, 0.1) is 0 Å². The first-order valence-corrected chi connectivity index (χ1v) is 6.50. The van der Waals surface area contributed by atoms with E-state index in [4.69, 9.17) is 15.1 Å². The van der Waals surface area contributed by atoms with E-state index >= 15 is 0 Å². The third kappa shape index (κ3) is 5.01.